The van der Waals surface area contributed by atoms with Gasteiger partial charge in [-0.1, -0.05) is 20.8 Å². The zero-order valence-corrected chi connectivity index (χ0v) is 14.6. The van der Waals surface area contributed by atoms with Gasteiger partial charge in [-0.2, -0.15) is 0 Å². The summed E-state index contributed by atoms with van der Waals surface area (Å²) >= 11 is 0. The Labute approximate surface area is 126 Å². The van der Waals surface area contributed by atoms with Crippen LogP contribution in [0.1, 0.15) is 48.0 Å². The molecule has 7 nitrogen and oxygen atoms in total. The minimum absolute atomic E-state index is 0.271. The van der Waals surface area contributed by atoms with Crippen LogP contribution in [0.2, 0.25) is 0 Å². The summed E-state index contributed by atoms with van der Waals surface area (Å²) in [6.45, 7) is 10.7. The second kappa shape index (κ2) is 6.64. The average Bonchev–Trinajstić information content (AvgIpc) is 2.07. The Morgan fingerprint density at radius 1 is 1.10 bits per heavy atom. The normalized spacial score (nSPS) is 14.2. The molecule has 0 saturated heterocycles. The Kier molecular flexibility index (Phi) is 6.22. The first-order valence-corrected chi connectivity index (χ1v) is 8.49. The van der Waals surface area contributed by atoms with Crippen molar-refractivity contribution < 1.29 is 22.7 Å². The van der Waals surface area contributed by atoms with Crippen LogP contribution >= 0.6 is 0 Å². The van der Waals surface area contributed by atoms with E-state index in [0.29, 0.717) is 0 Å². The van der Waals surface area contributed by atoms with Crippen molar-refractivity contribution in [2.24, 2.45) is 5.41 Å². The lowest BCUT2D eigenvalue weighted by atomic mass is 9.88. The fraction of sp³-hybridized carbons (Fsp3) is 0.846. The molecule has 2 N–H and O–H groups in total. The summed E-state index contributed by atoms with van der Waals surface area (Å²) in [4.78, 5) is 23.7. The first kappa shape index (κ1) is 19.7. The molecule has 21 heavy (non-hydrogen) atoms. The summed E-state index contributed by atoms with van der Waals surface area (Å²) in [5.41, 5.74) is -0.988. The van der Waals surface area contributed by atoms with Gasteiger partial charge in [0.2, 0.25) is 10.0 Å². The van der Waals surface area contributed by atoms with Gasteiger partial charge in [0, 0.05) is 0 Å². The van der Waals surface area contributed by atoms with Crippen LogP contribution in [0.15, 0.2) is 0 Å². The van der Waals surface area contributed by atoms with Crippen molar-refractivity contribution in [2.75, 3.05) is 6.26 Å². The van der Waals surface area contributed by atoms with Crippen LogP contribution in [0.5, 0.6) is 0 Å². The highest BCUT2D eigenvalue weighted by Gasteiger charge is 2.29. The fourth-order valence-electron chi connectivity index (χ4n) is 1.53. The predicted octanol–water partition coefficient (Wildman–Crippen LogP) is 1.39. The Balaban J connectivity index is 4.99. The van der Waals surface area contributed by atoms with Crippen molar-refractivity contribution in [3.8, 4) is 0 Å². The number of rotatable bonds is 4. The van der Waals surface area contributed by atoms with Crippen molar-refractivity contribution >= 4 is 22.0 Å². The van der Waals surface area contributed by atoms with E-state index in [4.69, 9.17) is 4.74 Å². The number of amides is 2. The van der Waals surface area contributed by atoms with Gasteiger partial charge >= 0.3 is 6.09 Å². The molecule has 0 aliphatic rings. The van der Waals surface area contributed by atoms with Crippen LogP contribution in [-0.4, -0.2) is 38.3 Å². The lowest BCUT2D eigenvalue weighted by molar-refractivity contribution is -0.122. The maximum Gasteiger partial charge on any atom is 0.408 e. The van der Waals surface area contributed by atoms with Crippen LogP contribution in [0.3, 0.4) is 0 Å². The molecule has 0 fully saturated rings. The molecule has 0 spiro atoms. The summed E-state index contributed by atoms with van der Waals surface area (Å²) in [7, 11) is -3.69. The van der Waals surface area contributed by atoms with E-state index in [2.05, 4.69) is 5.32 Å². The van der Waals surface area contributed by atoms with Crippen molar-refractivity contribution in [3.63, 3.8) is 0 Å². The maximum atomic E-state index is 12.0. The SMILES string of the molecule is CC(C)(C)CC(NC(=O)OC(C)(C)C)C(=O)NS(C)(=O)=O. The minimum Gasteiger partial charge on any atom is -0.444 e. The first-order chi connectivity index (χ1) is 9.09. The summed E-state index contributed by atoms with van der Waals surface area (Å²) in [6, 6.07) is -0.991. The molecule has 1 atom stereocenters. The predicted molar refractivity (Wildman–Crippen MR) is 80.2 cm³/mol. The Bertz CT molecular complexity index is 486. The van der Waals surface area contributed by atoms with Gasteiger partial charge in [0.1, 0.15) is 11.6 Å². The Morgan fingerprint density at radius 2 is 1.57 bits per heavy atom. The Morgan fingerprint density at radius 3 is 1.90 bits per heavy atom. The van der Waals surface area contributed by atoms with E-state index in [1.807, 2.05) is 25.5 Å². The third kappa shape index (κ3) is 11.1. The molecule has 1 unspecified atom stereocenters. The molecule has 124 valence electrons. The highest BCUT2D eigenvalue weighted by molar-refractivity contribution is 7.89. The van der Waals surface area contributed by atoms with Crippen molar-refractivity contribution in [1.82, 2.24) is 10.0 Å². The van der Waals surface area contributed by atoms with Gasteiger partial charge < -0.3 is 10.1 Å². The number of hydrogen-bond donors (Lipinski definition) is 2. The molecule has 0 aliphatic heterocycles. The van der Waals surface area contributed by atoms with Crippen LogP contribution < -0.4 is 10.0 Å². The maximum absolute atomic E-state index is 12.0. The molecule has 0 aromatic carbocycles. The highest BCUT2D eigenvalue weighted by Crippen LogP contribution is 2.21. The molecule has 0 saturated carbocycles. The van der Waals surface area contributed by atoms with Crippen LogP contribution in [0, 0.1) is 5.41 Å². The third-order valence-electron chi connectivity index (χ3n) is 2.11. The zero-order valence-electron chi connectivity index (χ0n) is 13.7. The standard InChI is InChI=1S/C13H26N2O5S/c1-12(2,3)8-9(10(16)15-21(7,18)19)14-11(17)20-13(4,5)6/h9H,8H2,1-7H3,(H,14,17)(H,15,16). The zero-order chi connectivity index (χ0) is 17.1. The van der Waals surface area contributed by atoms with Gasteiger partial charge in [0.25, 0.3) is 5.91 Å². The average molecular weight is 322 g/mol. The smallest absolute Gasteiger partial charge is 0.408 e. The number of carbonyl (C=O) groups is 2. The molecule has 0 radical (unpaired) electrons. The molecule has 0 aromatic rings. The molecule has 0 aliphatic carbocycles. The largest absolute Gasteiger partial charge is 0.444 e. The lowest BCUT2D eigenvalue weighted by Crippen LogP contribution is -2.50. The van der Waals surface area contributed by atoms with Gasteiger partial charge in [0.05, 0.1) is 6.26 Å². The number of alkyl carbamates (subject to hydrolysis) is 1. The van der Waals surface area contributed by atoms with Crippen LogP contribution in [-0.2, 0) is 19.6 Å². The number of sulfonamides is 1. The summed E-state index contributed by atoms with van der Waals surface area (Å²) in [5.74, 6) is -0.779. The summed E-state index contributed by atoms with van der Waals surface area (Å²) in [6.07, 6.45) is 0.389. The monoisotopic (exact) mass is 322 g/mol. The van der Waals surface area contributed by atoms with E-state index in [9.17, 15) is 18.0 Å². The topological polar surface area (TPSA) is 102 Å². The molecule has 0 rings (SSSR count). The summed E-state index contributed by atoms with van der Waals surface area (Å²) < 4.78 is 29.3. The highest BCUT2D eigenvalue weighted by atomic mass is 32.2. The number of nitrogens with one attached hydrogen (secondary N) is 2. The molecule has 0 bridgehead atoms. The van der Waals surface area contributed by atoms with Crippen molar-refractivity contribution in [1.29, 1.82) is 0 Å². The molecular formula is C13H26N2O5S. The lowest BCUT2D eigenvalue weighted by Gasteiger charge is -2.27. The van der Waals surface area contributed by atoms with Gasteiger partial charge in [-0.25, -0.2) is 13.2 Å². The van der Waals surface area contributed by atoms with Gasteiger partial charge in [-0.15, -0.1) is 0 Å². The number of carbonyl (C=O) groups excluding carboxylic acids is 2. The molecule has 0 heterocycles. The van der Waals surface area contributed by atoms with E-state index >= 15 is 0 Å². The number of ether oxygens (including phenoxy) is 1. The van der Waals surface area contributed by atoms with E-state index < -0.39 is 33.7 Å². The third-order valence-corrected chi connectivity index (χ3v) is 2.68. The van der Waals surface area contributed by atoms with Gasteiger partial charge in [0.15, 0.2) is 0 Å². The minimum atomic E-state index is -3.69. The molecule has 2 amide bonds. The first-order valence-electron chi connectivity index (χ1n) is 6.60. The van der Waals surface area contributed by atoms with E-state index in [0.717, 1.165) is 6.26 Å². The van der Waals surface area contributed by atoms with Gasteiger partial charge in [-0.3, -0.25) is 9.52 Å². The van der Waals surface area contributed by atoms with Crippen LogP contribution in [0.4, 0.5) is 4.79 Å². The van der Waals surface area contributed by atoms with E-state index in [1.54, 1.807) is 20.8 Å². The molecule has 8 heteroatoms. The van der Waals surface area contributed by atoms with E-state index in [1.165, 1.54) is 0 Å². The van der Waals surface area contributed by atoms with E-state index in [-0.39, 0.29) is 11.8 Å². The van der Waals surface area contributed by atoms with Gasteiger partial charge in [-0.05, 0) is 32.6 Å². The van der Waals surface area contributed by atoms with Crippen molar-refractivity contribution in [3.05, 3.63) is 0 Å². The molecule has 0 aromatic heterocycles. The second-order valence-electron chi connectivity index (χ2n) is 7.20. The second-order valence-corrected chi connectivity index (χ2v) is 8.95. The van der Waals surface area contributed by atoms with Crippen molar-refractivity contribution in [2.45, 2.75) is 59.6 Å². The fourth-order valence-corrected chi connectivity index (χ4v) is 2.03. The molecular weight excluding hydrogens is 296 g/mol. The summed E-state index contributed by atoms with van der Waals surface area (Å²) in [5, 5.41) is 2.41. The quantitative estimate of drug-likeness (QED) is 0.814. The Hall–Kier alpha value is -1.31. The number of hydrogen-bond acceptors (Lipinski definition) is 5. The van der Waals surface area contributed by atoms with Crippen LogP contribution in [0.25, 0.3) is 0 Å².